The van der Waals surface area contributed by atoms with Gasteiger partial charge in [-0.2, -0.15) is 0 Å². The SMILES string of the molecule is [3H]C#CCC[C@@]([3H])(C)C(=O)c1ccc(O)c(CCCC)c1. The van der Waals surface area contributed by atoms with Gasteiger partial charge in [0.05, 0.1) is 0 Å². The van der Waals surface area contributed by atoms with E-state index in [4.69, 9.17) is 2.74 Å². The monoisotopic (exact) mass is 262 g/mol. The van der Waals surface area contributed by atoms with E-state index in [1.807, 2.05) is 6.40 Å². The summed E-state index contributed by atoms with van der Waals surface area (Å²) < 4.78 is 14.9. The number of hydrogen-bond donors (Lipinski definition) is 1. The predicted octanol–water partition coefficient (Wildman–Crippen LogP) is 3.97. The highest BCUT2D eigenvalue weighted by molar-refractivity contribution is 5.98. The lowest BCUT2D eigenvalue weighted by Crippen LogP contribution is -2.11. The molecule has 1 rings (SSSR count). The maximum absolute atomic E-state index is 12.4. The van der Waals surface area contributed by atoms with Crippen LogP contribution >= 0.6 is 0 Å². The topological polar surface area (TPSA) is 37.3 Å². The fourth-order valence-electron chi connectivity index (χ4n) is 1.90. The van der Waals surface area contributed by atoms with Gasteiger partial charge in [-0.25, -0.2) is 0 Å². The van der Waals surface area contributed by atoms with E-state index in [1.165, 1.54) is 6.07 Å². The third-order valence-electron chi connectivity index (χ3n) is 3.15. The first-order valence-electron chi connectivity index (χ1n) is 7.68. The molecule has 0 aliphatic heterocycles. The average molecular weight is 262 g/mol. The lowest BCUT2D eigenvalue weighted by Gasteiger charge is -2.11. The van der Waals surface area contributed by atoms with E-state index >= 15 is 0 Å². The number of Topliss-reactive ketones (excluding diaryl/α,β-unsaturated/α-hetero) is 1. The minimum atomic E-state index is -1.26. The Morgan fingerprint density at radius 2 is 2.42 bits per heavy atom. The summed E-state index contributed by atoms with van der Waals surface area (Å²) in [5.74, 6) is 1.23. The average Bonchev–Trinajstić information content (AvgIpc) is 2.46. The Morgan fingerprint density at radius 1 is 1.63 bits per heavy atom. The molecule has 1 atom stereocenters. The smallest absolute Gasteiger partial charge is 0.165 e. The number of aryl methyl sites for hydroxylation is 1. The minimum absolute atomic E-state index is 0.201. The van der Waals surface area contributed by atoms with Gasteiger partial charge in [0.1, 0.15) is 7.12 Å². The maximum Gasteiger partial charge on any atom is 0.165 e. The molecule has 0 spiro atoms. The zero-order valence-electron chi connectivity index (χ0n) is 13.6. The molecule has 0 aliphatic rings. The molecule has 0 unspecified atom stereocenters. The van der Waals surface area contributed by atoms with Gasteiger partial charge in [-0.05, 0) is 43.0 Å². The fraction of sp³-hybridized carbons (Fsp3) is 0.471. The van der Waals surface area contributed by atoms with Gasteiger partial charge in [0.15, 0.2) is 5.78 Å². The Morgan fingerprint density at radius 3 is 3.11 bits per heavy atom. The van der Waals surface area contributed by atoms with Gasteiger partial charge in [-0.15, -0.1) is 12.3 Å². The Balaban J connectivity index is 2.92. The number of carbonyl (C=O) groups excluding carboxylic acids is 1. The standard InChI is InChI=1S/C17H22O2/c1-4-6-8-13(3)17(19)15-10-11-16(18)14(12-15)9-7-5-2/h1,10-13,18H,5-9H2,2-3H3/t13-/m1/s1/i1T,13T. The van der Waals surface area contributed by atoms with E-state index < -0.39 is 5.89 Å². The van der Waals surface area contributed by atoms with Crippen LogP contribution in [0.1, 0.15) is 58.2 Å². The summed E-state index contributed by atoms with van der Waals surface area (Å²) in [5.41, 5.74) is 1.21. The third-order valence-corrected chi connectivity index (χ3v) is 3.15. The molecular formula is C17H22O2. The molecule has 0 fully saturated rings. The number of rotatable bonds is 7. The van der Waals surface area contributed by atoms with Crippen molar-refractivity contribution in [2.45, 2.75) is 46.0 Å². The van der Waals surface area contributed by atoms with Crippen molar-refractivity contribution >= 4 is 5.78 Å². The van der Waals surface area contributed by atoms with Gasteiger partial charge in [0, 0.05) is 19.2 Å². The summed E-state index contributed by atoms with van der Waals surface area (Å²) >= 11 is 0. The number of unbranched alkanes of at least 4 members (excludes halogenated alkanes) is 1. The molecule has 1 aromatic carbocycles. The number of ketones is 1. The molecule has 0 amide bonds. The third kappa shape index (κ3) is 4.44. The van der Waals surface area contributed by atoms with Gasteiger partial charge in [-0.1, -0.05) is 20.3 Å². The van der Waals surface area contributed by atoms with Crippen LogP contribution in [-0.2, 0) is 6.42 Å². The molecule has 0 bridgehead atoms. The summed E-state index contributed by atoms with van der Waals surface area (Å²) in [6, 6.07) is 4.78. The van der Waals surface area contributed by atoms with Crippen LogP contribution in [-0.4, -0.2) is 10.9 Å². The van der Waals surface area contributed by atoms with E-state index in [1.54, 1.807) is 19.1 Å². The zero-order chi connectivity index (χ0) is 15.9. The van der Waals surface area contributed by atoms with Crippen molar-refractivity contribution in [1.29, 1.82) is 0 Å². The summed E-state index contributed by atoms with van der Waals surface area (Å²) in [5, 5.41) is 9.82. The molecule has 1 aromatic rings. The zero-order valence-corrected chi connectivity index (χ0v) is 11.6. The van der Waals surface area contributed by atoms with Crippen molar-refractivity contribution in [3.05, 3.63) is 29.3 Å². The summed E-state index contributed by atoms with van der Waals surface area (Å²) in [4.78, 5) is 12.4. The van der Waals surface area contributed by atoms with Gasteiger partial charge in [0.25, 0.3) is 0 Å². The lowest BCUT2D eigenvalue weighted by atomic mass is 9.93. The Kier molecular flexibility index (Phi) is 4.94. The second kappa shape index (κ2) is 7.63. The highest BCUT2D eigenvalue weighted by Crippen LogP contribution is 2.23. The van der Waals surface area contributed by atoms with Gasteiger partial charge >= 0.3 is 0 Å². The normalized spacial score (nSPS) is 14.6. The quantitative estimate of drug-likeness (QED) is 0.596. The van der Waals surface area contributed by atoms with Crippen LogP contribution < -0.4 is 0 Å². The Bertz CT molecular complexity index is 554. The van der Waals surface area contributed by atoms with Crippen molar-refractivity contribution in [2.24, 2.45) is 5.89 Å². The van der Waals surface area contributed by atoms with E-state index in [9.17, 15) is 9.90 Å². The van der Waals surface area contributed by atoms with Crippen molar-refractivity contribution in [3.63, 3.8) is 0 Å². The molecule has 102 valence electrons. The summed E-state index contributed by atoms with van der Waals surface area (Å²) in [7, 11) is 0. The molecule has 0 saturated heterocycles. The first-order chi connectivity index (χ1) is 9.92. The maximum atomic E-state index is 12.4. The molecular weight excluding hydrogens is 236 g/mol. The number of benzene rings is 1. The second-order valence-electron chi connectivity index (χ2n) is 4.73. The van der Waals surface area contributed by atoms with Crippen molar-refractivity contribution < 1.29 is 12.6 Å². The van der Waals surface area contributed by atoms with Crippen LogP contribution in [0.4, 0.5) is 0 Å². The Hall–Kier alpha value is -1.75. The number of phenols is 1. The van der Waals surface area contributed by atoms with Crippen LogP contribution in [0, 0.1) is 18.2 Å². The van der Waals surface area contributed by atoms with E-state index in [-0.39, 0.29) is 11.5 Å². The largest absolute Gasteiger partial charge is 0.508 e. The van der Waals surface area contributed by atoms with Gasteiger partial charge < -0.3 is 5.11 Å². The van der Waals surface area contributed by atoms with Crippen LogP contribution in [0.25, 0.3) is 0 Å². The first-order valence-corrected chi connectivity index (χ1v) is 6.68. The number of hydrogen-bond acceptors (Lipinski definition) is 2. The molecule has 0 aliphatic carbocycles. The van der Waals surface area contributed by atoms with Crippen LogP contribution in [0.2, 0.25) is 0 Å². The highest BCUT2D eigenvalue weighted by atomic mass is 16.3. The van der Waals surface area contributed by atoms with Crippen LogP contribution in [0.3, 0.4) is 0 Å². The van der Waals surface area contributed by atoms with Gasteiger partial charge in [-0.3, -0.25) is 4.79 Å². The molecule has 19 heavy (non-hydrogen) atoms. The number of phenolic OH excluding ortho intramolecular Hbond substituents is 1. The molecule has 0 aromatic heterocycles. The van der Waals surface area contributed by atoms with E-state index in [0.29, 0.717) is 18.4 Å². The predicted molar refractivity (Wildman–Crippen MR) is 78.3 cm³/mol. The Labute approximate surface area is 118 Å². The van der Waals surface area contributed by atoms with E-state index in [0.717, 1.165) is 24.8 Å². The van der Waals surface area contributed by atoms with Crippen LogP contribution in [0.15, 0.2) is 18.2 Å². The molecule has 0 heterocycles. The highest BCUT2D eigenvalue weighted by Gasteiger charge is 2.15. The first kappa shape index (κ1) is 12.3. The van der Waals surface area contributed by atoms with Crippen molar-refractivity contribution in [3.8, 4) is 18.1 Å². The second-order valence-corrected chi connectivity index (χ2v) is 4.73. The number of carbonyl (C=O) groups is 1. The minimum Gasteiger partial charge on any atom is -0.508 e. The van der Waals surface area contributed by atoms with Gasteiger partial charge in [0.2, 0.25) is 0 Å². The number of aromatic hydroxyl groups is 1. The van der Waals surface area contributed by atoms with E-state index in [2.05, 4.69) is 12.8 Å². The molecule has 2 heteroatoms. The number of terminal acetylenes is 1. The van der Waals surface area contributed by atoms with Crippen molar-refractivity contribution in [1.82, 2.24) is 0 Å². The molecule has 0 radical (unpaired) electrons. The molecule has 0 saturated carbocycles. The van der Waals surface area contributed by atoms with Crippen molar-refractivity contribution in [2.75, 3.05) is 0 Å². The lowest BCUT2D eigenvalue weighted by molar-refractivity contribution is 0.0925. The van der Waals surface area contributed by atoms with Crippen LogP contribution in [0.5, 0.6) is 5.75 Å². The fourth-order valence-corrected chi connectivity index (χ4v) is 1.90. The molecule has 2 nitrogen and oxygen atoms in total. The summed E-state index contributed by atoms with van der Waals surface area (Å²) in [6.45, 7) is 3.64. The summed E-state index contributed by atoms with van der Waals surface area (Å²) in [6.07, 6.45) is 5.37. The molecule has 1 N–H and O–H groups in total.